The highest BCUT2D eigenvalue weighted by molar-refractivity contribution is 6.30. The second-order valence-corrected chi connectivity index (χ2v) is 4.57. The van der Waals surface area contributed by atoms with Gasteiger partial charge in [-0.25, -0.2) is 0 Å². The van der Waals surface area contributed by atoms with E-state index in [1.165, 1.54) is 5.56 Å². The van der Waals surface area contributed by atoms with E-state index in [4.69, 9.17) is 17.3 Å². The molecule has 0 saturated carbocycles. The Bertz CT molecular complexity index is 535. The molecule has 19 heavy (non-hydrogen) atoms. The Morgan fingerprint density at radius 3 is 2.42 bits per heavy atom. The number of hydrogen-bond donors (Lipinski definition) is 2. The van der Waals surface area contributed by atoms with Crippen molar-refractivity contribution >= 4 is 23.2 Å². The van der Waals surface area contributed by atoms with Crippen molar-refractivity contribution in [3.05, 3.63) is 65.2 Å². The van der Waals surface area contributed by atoms with Gasteiger partial charge in [-0.2, -0.15) is 0 Å². The van der Waals surface area contributed by atoms with Crippen LogP contribution in [0, 0.1) is 0 Å². The summed E-state index contributed by atoms with van der Waals surface area (Å²) in [5.41, 5.74) is 7.95. The lowest BCUT2D eigenvalue weighted by atomic mass is 10.1. The summed E-state index contributed by atoms with van der Waals surface area (Å²) in [4.78, 5) is 4.29. The highest BCUT2D eigenvalue weighted by Crippen LogP contribution is 2.10. The van der Waals surface area contributed by atoms with Crippen molar-refractivity contribution in [2.75, 3.05) is 11.9 Å². The summed E-state index contributed by atoms with van der Waals surface area (Å²) in [6.45, 7) is 0.646. The molecule has 2 aromatic rings. The molecule has 0 spiro atoms. The first-order valence-corrected chi connectivity index (χ1v) is 6.48. The van der Waals surface area contributed by atoms with E-state index in [9.17, 15) is 0 Å². The SMILES string of the molecule is NC(=NCCc1ccc(Cl)cc1)Nc1ccccc1. The highest BCUT2D eigenvalue weighted by Gasteiger charge is 1.95. The molecule has 0 aliphatic rings. The van der Waals surface area contributed by atoms with Gasteiger partial charge in [0, 0.05) is 17.3 Å². The van der Waals surface area contributed by atoms with E-state index in [2.05, 4.69) is 10.3 Å². The van der Waals surface area contributed by atoms with Crippen LogP contribution in [0.3, 0.4) is 0 Å². The lowest BCUT2D eigenvalue weighted by molar-refractivity contribution is 0.965. The van der Waals surface area contributed by atoms with E-state index in [0.29, 0.717) is 12.5 Å². The average molecular weight is 274 g/mol. The van der Waals surface area contributed by atoms with Crippen LogP contribution in [0.25, 0.3) is 0 Å². The summed E-state index contributed by atoms with van der Waals surface area (Å²) in [6, 6.07) is 17.5. The van der Waals surface area contributed by atoms with Crippen LogP contribution in [-0.4, -0.2) is 12.5 Å². The monoisotopic (exact) mass is 273 g/mol. The molecule has 0 aliphatic heterocycles. The third kappa shape index (κ3) is 4.64. The molecule has 2 aromatic carbocycles. The van der Waals surface area contributed by atoms with Crippen LogP contribution in [0.4, 0.5) is 5.69 Å². The van der Waals surface area contributed by atoms with Crippen molar-refractivity contribution in [3.8, 4) is 0 Å². The first-order chi connectivity index (χ1) is 9.24. The maximum Gasteiger partial charge on any atom is 0.193 e. The summed E-state index contributed by atoms with van der Waals surface area (Å²) in [6.07, 6.45) is 0.842. The summed E-state index contributed by atoms with van der Waals surface area (Å²) in [5.74, 6) is 0.431. The molecule has 0 radical (unpaired) electrons. The number of guanidine groups is 1. The fraction of sp³-hybridized carbons (Fsp3) is 0.133. The van der Waals surface area contributed by atoms with Crippen molar-refractivity contribution in [1.82, 2.24) is 0 Å². The van der Waals surface area contributed by atoms with Crippen molar-refractivity contribution < 1.29 is 0 Å². The summed E-state index contributed by atoms with van der Waals surface area (Å²) < 4.78 is 0. The number of hydrogen-bond acceptors (Lipinski definition) is 1. The molecule has 0 aliphatic carbocycles. The molecule has 2 rings (SSSR count). The van der Waals surface area contributed by atoms with Gasteiger partial charge in [0.2, 0.25) is 0 Å². The maximum atomic E-state index is 5.83. The molecule has 0 bridgehead atoms. The van der Waals surface area contributed by atoms with E-state index in [1.807, 2.05) is 54.6 Å². The van der Waals surface area contributed by atoms with Gasteiger partial charge < -0.3 is 11.1 Å². The van der Waals surface area contributed by atoms with E-state index >= 15 is 0 Å². The minimum absolute atomic E-state index is 0.431. The number of anilines is 1. The average Bonchev–Trinajstić information content (AvgIpc) is 2.42. The first-order valence-electron chi connectivity index (χ1n) is 6.10. The zero-order chi connectivity index (χ0) is 13.5. The Morgan fingerprint density at radius 2 is 1.74 bits per heavy atom. The van der Waals surface area contributed by atoms with Crippen LogP contribution in [0.5, 0.6) is 0 Å². The molecule has 3 nitrogen and oxygen atoms in total. The van der Waals surface area contributed by atoms with Gasteiger partial charge in [-0.15, -0.1) is 0 Å². The van der Waals surface area contributed by atoms with E-state index in [1.54, 1.807) is 0 Å². The first kappa shape index (κ1) is 13.4. The number of para-hydroxylation sites is 1. The van der Waals surface area contributed by atoms with Gasteiger partial charge >= 0.3 is 0 Å². The van der Waals surface area contributed by atoms with Gasteiger partial charge in [0.25, 0.3) is 0 Å². The Balaban J connectivity index is 1.83. The summed E-state index contributed by atoms with van der Waals surface area (Å²) in [5, 5.41) is 3.79. The predicted octanol–water partition coefficient (Wildman–Crippen LogP) is 3.31. The molecule has 98 valence electrons. The second-order valence-electron chi connectivity index (χ2n) is 4.13. The maximum absolute atomic E-state index is 5.83. The normalized spacial score (nSPS) is 11.3. The highest BCUT2D eigenvalue weighted by atomic mass is 35.5. The van der Waals surface area contributed by atoms with Gasteiger partial charge in [0.1, 0.15) is 0 Å². The standard InChI is InChI=1S/C15H16ClN3/c16-13-8-6-12(7-9-13)10-11-18-15(17)19-14-4-2-1-3-5-14/h1-9H,10-11H2,(H3,17,18,19). The number of nitrogens with zero attached hydrogens (tertiary/aromatic N) is 1. The number of nitrogens with two attached hydrogens (primary N) is 1. The number of aliphatic imine (C=N–C) groups is 1. The Kier molecular flexibility index (Phi) is 4.81. The van der Waals surface area contributed by atoms with Crippen LogP contribution in [0.2, 0.25) is 5.02 Å². The Morgan fingerprint density at radius 1 is 1.05 bits per heavy atom. The zero-order valence-corrected chi connectivity index (χ0v) is 11.3. The van der Waals surface area contributed by atoms with Crippen LogP contribution in [-0.2, 0) is 6.42 Å². The molecule has 0 unspecified atom stereocenters. The minimum Gasteiger partial charge on any atom is -0.370 e. The van der Waals surface area contributed by atoms with Crippen molar-refractivity contribution in [2.24, 2.45) is 10.7 Å². The minimum atomic E-state index is 0.431. The molecular formula is C15H16ClN3. The number of halogens is 1. The largest absolute Gasteiger partial charge is 0.370 e. The van der Waals surface area contributed by atoms with E-state index < -0.39 is 0 Å². The van der Waals surface area contributed by atoms with Gasteiger partial charge in [0.05, 0.1) is 0 Å². The third-order valence-electron chi connectivity index (χ3n) is 2.64. The zero-order valence-electron chi connectivity index (χ0n) is 10.5. The lowest BCUT2D eigenvalue weighted by Crippen LogP contribution is -2.22. The number of nitrogens with one attached hydrogen (secondary N) is 1. The molecule has 0 amide bonds. The predicted molar refractivity (Wildman–Crippen MR) is 81.7 cm³/mol. The van der Waals surface area contributed by atoms with Crippen LogP contribution in [0.15, 0.2) is 59.6 Å². The fourth-order valence-corrected chi connectivity index (χ4v) is 1.79. The molecule has 0 heterocycles. The lowest BCUT2D eigenvalue weighted by Gasteiger charge is -2.05. The molecule has 4 heteroatoms. The second kappa shape index (κ2) is 6.81. The fourth-order valence-electron chi connectivity index (χ4n) is 1.67. The molecule has 0 saturated heterocycles. The number of rotatable bonds is 4. The van der Waals surface area contributed by atoms with Gasteiger partial charge in [-0.1, -0.05) is 41.9 Å². The van der Waals surface area contributed by atoms with Crippen molar-refractivity contribution in [1.29, 1.82) is 0 Å². The molecule has 0 atom stereocenters. The van der Waals surface area contributed by atoms with Crippen molar-refractivity contribution in [3.63, 3.8) is 0 Å². The van der Waals surface area contributed by atoms with Crippen LogP contribution >= 0.6 is 11.6 Å². The van der Waals surface area contributed by atoms with Crippen LogP contribution in [0.1, 0.15) is 5.56 Å². The van der Waals surface area contributed by atoms with Gasteiger partial charge in [-0.3, -0.25) is 4.99 Å². The van der Waals surface area contributed by atoms with Crippen molar-refractivity contribution in [2.45, 2.75) is 6.42 Å². The molecule has 0 fully saturated rings. The molecule has 3 N–H and O–H groups in total. The van der Waals surface area contributed by atoms with Gasteiger partial charge in [0.15, 0.2) is 5.96 Å². The van der Waals surface area contributed by atoms with Crippen LogP contribution < -0.4 is 11.1 Å². The molecule has 0 aromatic heterocycles. The Hall–Kier alpha value is -2.00. The van der Waals surface area contributed by atoms with E-state index in [0.717, 1.165) is 17.1 Å². The Labute approximate surface area is 118 Å². The third-order valence-corrected chi connectivity index (χ3v) is 2.89. The quantitative estimate of drug-likeness (QED) is 0.663. The topological polar surface area (TPSA) is 50.4 Å². The molecular weight excluding hydrogens is 258 g/mol. The summed E-state index contributed by atoms with van der Waals surface area (Å²) >= 11 is 5.83. The number of benzene rings is 2. The smallest absolute Gasteiger partial charge is 0.193 e. The summed E-state index contributed by atoms with van der Waals surface area (Å²) in [7, 11) is 0. The van der Waals surface area contributed by atoms with E-state index in [-0.39, 0.29) is 0 Å². The van der Waals surface area contributed by atoms with Gasteiger partial charge in [-0.05, 0) is 36.2 Å².